The van der Waals surface area contributed by atoms with Crippen molar-refractivity contribution < 1.29 is 14.3 Å². The third-order valence-electron chi connectivity index (χ3n) is 4.26. The van der Waals surface area contributed by atoms with Gasteiger partial charge in [0.1, 0.15) is 11.9 Å². The highest BCUT2D eigenvalue weighted by Gasteiger charge is 2.33. The highest BCUT2D eigenvalue weighted by Crippen LogP contribution is 2.25. The zero-order chi connectivity index (χ0) is 17.7. The molecule has 1 amide bonds. The van der Waals surface area contributed by atoms with Crippen LogP contribution in [0.2, 0.25) is 0 Å². The Morgan fingerprint density at radius 2 is 2.00 bits per heavy atom. The van der Waals surface area contributed by atoms with Crippen molar-refractivity contribution in [1.29, 1.82) is 0 Å². The molecular formula is C19H30N2O3. The fourth-order valence-electron chi connectivity index (χ4n) is 2.76. The molecule has 1 aliphatic rings. The molecule has 0 unspecified atom stereocenters. The van der Waals surface area contributed by atoms with E-state index in [0.29, 0.717) is 19.1 Å². The van der Waals surface area contributed by atoms with E-state index in [2.05, 4.69) is 19.2 Å². The van der Waals surface area contributed by atoms with E-state index in [1.54, 1.807) is 0 Å². The Kier molecular flexibility index (Phi) is 6.24. The standard InChI is InChI=1S/C19H30N2O3/c1-13(2)12-23-15-7-5-14(6-8-15)19(3,4)21-18(22)17-10-9-16(11-20)24-17/h5-8,13,16-17H,9-12,20H2,1-4H3,(H,21,22)/t16-,17+/m1/s1. The average molecular weight is 334 g/mol. The summed E-state index contributed by atoms with van der Waals surface area (Å²) in [6.07, 6.45) is 1.18. The molecule has 2 atom stereocenters. The number of amides is 1. The van der Waals surface area contributed by atoms with Crippen LogP contribution in [0.3, 0.4) is 0 Å². The van der Waals surface area contributed by atoms with Crippen molar-refractivity contribution in [2.24, 2.45) is 11.7 Å². The van der Waals surface area contributed by atoms with Gasteiger partial charge in [0.15, 0.2) is 0 Å². The normalized spacial score (nSPS) is 21.1. The third-order valence-corrected chi connectivity index (χ3v) is 4.26. The Morgan fingerprint density at radius 1 is 1.33 bits per heavy atom. The number of nitrogens with one attached hydrogen (secondary N) is 1. The van der Waals surface area contributed by atoms with Gasteiger partial charge in [0.2, 0.25) is 5.91 Å². The van der Waals surface area contributed by atoms with Crippen molar-refractivity contribution in [2.75, 3.05) is 13.2 Å². The van der Waals surface area contributed by atoms with Gasteiger partial charge in [-0.3, -0.25) is 4.79 Å². The molecular weight excluding hydrogens is 304 g/mol. The monoisotopic (exact) mass is 334 g/mol. The molecule has 5 heteroatoms. The first-order chi connectivity index (χ1) is 11.3. The van der Waals surface area contributed by atoms with Gasteiger partial charge in [-0.25, -0.2) is 0 Å². The lowest BCUT2D eigenvalue weighted by Gasteiger charge is -2.28. The number of nitrogens with two attached hydrogens (primary N) is 1. The molecule has 0 radical (unpaired) electrons. The molecule has 2 rings (SSSR count). The summed E-state index contributed by atoms with van der Waals surface area (Å²) in [6.45, 7) is 9.38. The van der Waals surface area contributed by atoms with E-state index in [1.807, 2.05) is 38.1 Å². The van der Waals surface area contributed by atoms with Gasteiger partial charge < -0.3 is 20.5 Å². The maximum Gasteiger partial charge on any atom is 0.249 e. The van der Waals surface area contributed by atoms with Crippen molar-refractivity contribution in [3.05, 3.63) is 29.8 Å². The quantitative estimate of drug-likeness (QED) is 0.804. The van der Waals surface area contributed by atoms with E-state index in [0.717, 1.165) is 24.2 Å². The molecule has 3 N–H and O–H groups in total. The van der Waals surface area contributed by atoms with Crippen LogP contribution in [0.25, 0.3) is 0 Å². The fraction of sp³-hybridized carbons (Fsp3) is 0.632. The lowest BCUT2D eigenvalue weighted by atomic mass is 9.93. The molecule has 1 aliphatic heterocycles. The fourth-order valence-corrected chi connectivity index (χ4v) is 2.76. The zero-order valence-corrected chi connectivity index (χ0v) is 15.2. The van der Waals surface area contributed by atoms with Crippen molar-refractivity contribution >= 4 is 5.91 Å². The van der Waals surface area contributed by atoms with Gasteiger partial charge in [0.05, 0.1) is 18.2 Å². The van der Waals surface area contributed by atoms with E-state index >= 15 is 0 Å². The minimum atomic E-state index is -0.474. The summed E-state index contributed by atoms with van der Waals surface area (Å²) in [6, 6.07) is 7.88. The molecule has 0 aliphatic carbocycles. The van der Waals surface area contributed by atoms with E-state index < -0.39 is 11.6 Å². The summed E-state index contributed by atoms with van der Waals surface area (Å²) < 4.78 is 11.4. The summed E-state index contributed by atoms with van der Waals surface area (Å²) in [5.74, 6) is 1.26. The molecule has 1 aromatic carbocycles. The van der Waals surface area contributed by atoms with Crippen molar-refractivity contribution in [1.82, 2.24) is 5.32 Å². The Balaban J connectivity index is 1.95. The number of carbonyl (C=O) groups is 1. The summed E-state index contributed by atoms with van der Waals surface area (Å²) in [4.78, 5) is 12.4. The number of ether oxygens (including phenoxy) is 2. The first kappa shape index (κ1) is 18.7. The predicted octanol–water partition coefficient (Wildman–Crippen LogP) is 2.58. The highest BCUT2D eigenvalue weighted by molar-refractivity contribution is 5.82. The summed E-state index contributed by atoms with van der Waals surface area (Å²) in [5, 5.41) is 3.08. The number of rotatable bonds is 7. The SMILES string of the molecule is CC(C)COc1ccc(C(C)(C)NC(=O)[C@@H]2CC[C@H](CN)O2)cc1. The van der Waals surface area contributed by atoms with Crippen LogP contribution in [-0.4, -0.2) is 31.3 Å². The summed E-state index contributed by atoms with van der Waals surface area (Å²) in [5.41, 5.74) is 6.16. The van der Waals surface area contributed by atoms with Crippen LogP contribution in [0.4, 0.5) is 0 Å². The molecule has 1 heterocycles. The smallest absolute Gasteiger partial charge is 0.249 e. The largest absolute Gasteiger partial charge is 0.493 e. The first-order valence-corrected chi connectivity index (χ1v) is 8.72. The Morgan fingerprint density at radius 3 is 2.54 bits per heavy atom. The molecule has 0 aromatic heterocycles. The van der Waals surface area contributed by atoms with Crippen LogP contribution in [0.15, 0.2) is 24.3 Å². The Hall–Kier alpha value is -1.59. The van der Waals surface area contributed by atoms with Crippen molar-refractivity contribution in [3.8, 4) is 5.75 Å². The van der Waals surface area contributed by atoms with Gasteiger partial charge in [0, 0.05) is 6.54 Å². The van der Waals surface area contributed by atoms with E-state index in [9.17, 15) is 4.79 Å². The van der Waals surface area contributed by atoms with Gasteiger partial charge in [-0.15, -0.1) is 0 Å². The van der Waals surface area contributed by atoms with E-state index in [4.69, 9.17) is 15.2 Å². The molecule has 134 valence electrons. The van der Waals surface area contributed by atoms with Gasteiger partial charge in [0.25, 0.3) is 0 Å². The average Bonchev–Trinajstić information content (AvgIpc) is 3.02. The van der Waals surface area contributed by atoms with Crippen molar-refractivity contribution in [2.45, 2.75) is 58.3 Å². The van der Waals surface area contributed by atoms with Gasteiger partial charge >= 0.3 is 0 Å². The zero-order valence-electron chi connectivity index (χ0n) is 15.2. The second-order valence-electron chi connectivity index (χ2n) is 7.40. The molecule has 0 spiro atoms. The summed E-state index contributed by atoms with van der Waals surface area (Å²) >= 11 is 0. The first-order valence-electron chi connectivity index (χ1n) is 8.72. The molecule has 0 saturated carbocycles. The minimum absolute atomic E-state index is 0.00116. The van der Waals surface area contributed by atoms with Crippen LogP contribution < -0.4 is 15.8 Å². The van der Waals surface area contributed by atoms with Gasteiger partial charge in [-0.2, -0.15) is 0 Å². The minimum Gasteiger partial charge on any atom is -0.493 e. The molecule has 1 aromatic rings. The predicted molar refractivity (Wildman–Crippen MR) is 94.9 cm³/mol. The molecule has 1 saturated heterocycles. The van der Waals surface area contributed by atoms with Crippen LogP contribution in [-0.2, 0) is 15.1 Å². The lowest BCUT2D eigenvalue weighted by molar-refractivity contribution is -0.133. The molecule has 24 heavy (non-hydrogen) atoms. The van der Waals surface area contributed by atoms with Gasteiger partial charge in [-0.05, 0) is 50.3 Å². The number of hydrogen-bond donors (Lipinski definition) is 2. The summed E-state index contributed by atoms with van der Waals surface area (Å²) in [7, 11) is 0. The molecule has 1 fully saturated rings. The number of carbonyl (C=O) groups excluding carboxylic acids is 1. The number of hydrogen-bond acceptors (Lipinski definition) is 4. The molecule has 5 nitrogen and oxygen atoms in total. The van der Waals surface area contributed by atoms with E-state index in [1.165, 1.54) is 0 Å². The van der Waals surface area contributed by atoms with Crippen LogP contribution in [0.5, 0.6) is 5.75 Å². The van der Waals surface area contributed by atoms with Crippen LogP contribution in [0.1, 0.15) is 46.1 Å². The Labute approximate surface area is 144 Å². The topological polar surface area (TPSA) is 73.6 Å². The lowest BCUT2D eigenvalue weighted by Crippen LogP contribution is -2.46. The Bertz CT molecular complexity index is 540. The van der Waals surface area contributed by atoms with Crippen LogP contribution in [0, 0.1) is 5.92 Å². The van der Waals surface area contributed by atoms with Gasteiger partial charge in [-0.1, -0.05) is 26.0 Å². The highest BCUT2D eigenvalue weighted by atomic mass is 16.5. The van der Waals surface area contributed by atoms with Crippen molar-refractivity contribution in [3.63, 3.8) is 0 Å². The maximum absolute atomic E-state index is 12.4. The maximum atomic E-state index is 12.4. The number of benzene rings is 1. The van der Waals surface area contributed by atoms with Crippen LogP contribution >= 0.6 is 0 Å². The second-order valence-corrected chi connectivity index (χ2v) is 7.40. The van der Waals surface area contributed by atoms with E-state index in [-0.39, 0.29) is 12.0 Å². The third kappa shape index (κ3) is 4.95. The molecule has 0 bridgehead atoms. The second kappa shape index (κ2) is 7.99.